The molecule has 4 N–H and O–H groups in total. The largest absolute Gasteiger partial charge is 0.397 e. The highest BCUT2D eigenvalue weighted by atomic mass is 19.1. The van der Waals surface area contributed by atoms with Gasteiger partial charge in [-0.25, -0.2) is 10.2 Å². The van der Waals surface area contributed by atoms with E-state index < -0.39 is 0 Å². The average molecular weight is 233 g/mol. The highest BCUT2D eigenvalue weighted by Crippen LogP contribution is 2.22. The molecule has 1 aromatic rings. The molecule has 1 rings (SSSR count). The number of hydrazine groups is 1. The fraction of sp³-hybridized carbons (Fsp3) is 0.0769. The number of nitrogens with zero attached hydrogens (tertiary/aromatic N) is 1. The van der Waals surface area contributed by atoms with E-state index >= 15 is 0 Å². The average Bonchev–Trinajstić information content (AvgIpc) is 2.28. The van der Waals surface area contributed by atoms with Crippen LogP contribution in [0.25, 0.3) is 0 Å². The molecule has 0 spiro atoms. The Bertz CT molecular complexity index is 452. The first-order valence-corrected chi connectivity index (χ1v) is 5.09. The summed E-state index contributed by atoms with van der Waals surface area (Å²) in [5.41, 5.74) is 7.45. The van der Waals surface area contributed by atoms with Gasteiger partial charge < -0.3 is 10.7 Å². The third kappa shape index (κ3) is 3.46. The van der Waals surface area contributed by atoms with E-state index in [2.05, 4.69) is 13.2 Å². The van der Waals surface area contributed by atoms with Gasteiger partial charge in [0.25, 0.3) is 0 Å². The van der Waals surface area contributed by atoms with Crippen LogP contribution in [0.3, 0.4) is 0 Å². The lowest BCUT2D eigenvalue weighted by Crippen LogP contribution is -2.33. The van der Waals surface area contributed by atoms with Crippen LogP contribution in [-0.2, 0) is 0 Å². The van der Waals surface area contributed by atoms with Gasteiger partial charge in [-0.15, -0.1) is 0 Å². The highest BCUT2D eigenvalue weighted by Gasteiger charge is 2.07. The summed E-state index contributed by atoms with van der Waals surface area (Å²) in [5.74, 6) is 5.48. The molecule has 0 radical (unpaired) electrons. The summed E-state index contributed by atoms with van der Waals surface area (Å²) >= 11 is 0. The lowest BCUT2D eigenvalue weighted by Gasteiger charge is -2.20. The van der Waals surface area contributed by atoms with Crippen LogP contribution < -0.4 is 16.6 Å². The summed E-state index contributed by atoms with van der Waals surface area (Å²) < 4.78 is 12.9. The van der Waals surface area contributed by atoms with Gasteiger partial charge in [0, 0.05) is 0 Å². The van der Waals surface area contributed by atoms with Crippen molar-refractivity contribution in [2.75, 3.05) is 17.3 Å². The predicted molar refractivity (Wildman–Crippen MR) is 70.8 cm³/mol. The molecule has 0 fully saturated rings. The van der Waals surface area contributed by atoms with Gasteiger partial charge in [-0.2, -0.15) is 0 Å². The Morgan fingerprint density at radius 1 is 1.41 bits per heavy atom. The molecule has 1 aromatic carbocycles. The van der Waals surface area contributed by atoms with Crippen LogP contribution in [0.4, 0.5) is 15.8 Å². The molecule has 17 heavy (non-hydrogen) atoms. The van der Waals surface area contributed by atoms with Gasteiger partial charge in [-0.1, -0.05) is 31.4 Å². The summed E-state index contributed by atoms with van der Waals surface area (Å²) in [4.78, 5) is 0. The fourth-order valence-corrected chi connectivity index (χ4v) is 1.41. The third-order valence-electron chi connectivity index (χ3n) is 2.25. The molecule has 0 aliphatic carbocycles. The first-order valence-electron chi connectivity index (χ1n) is 5.09. The molecule has 0 saturated carbocycles. The van der Waals surface area contributed by atoms with Crippen molar-refractivity contribution in [2.45, 2.75) is 0 Å². The lowest BCUT2D eigenvalue weighted by atomic mass is 10.2. The Morgan fingerprint density at radius 2 is 2.12 bits per heavy atom. The number of hydrogen-bond acceptors (Lipinski definition) is 3. The molecule has 0 saturated heterocycles. The zero-order chi connectivity index (χ0) is 12.8. The van der Waals surface area contributed by atoms with Gasteiger partial charge >= 0.3 is 0 Å². The minimum atomic E-state index is -0.384. The molecule has 0 aliphatic heterocycles. The van der Waals surface area contributed by atoms with Gasteiger partial charge in [0.2, 0.25) is 0 Å². The van der Waals surface area contributed by atoms with Crippen molar-refractivity contribution in [3.05, 3.63) is 61.0 Å². The van der Waals surface area contributed by atoms with Crippen LogP contribution >= 0.6 is 0 Å². The summed E-state index contributed by atoms with van der Waals surface area (Å²) in [7, 11) is 0. The second kappa shape index (κ2) is 5.86. The van der Waals surface area contributed by atoms with E-state index in [1.807, 2.05) is 0 Å². The Balaban J connectivity index is 2.89. The van der Waals surface area contributed by atoms with Gasteiger partial charge in [-0.05, 0) is 23.8 Å². The third-order valence-corrected chi connectivity index (χ3v) is 2.25. The van der Waals surface area contributed by atoms with E-state index in [9.17, 15) is 4.39 Å². The summed E-state index contributed by atoms with van der Waals surface area (Å²) in [6.07, 6.45) is 5.13. The second-order valence-corrected chi connectivity index (χ2v) is 3.51. The maximum atomic E-state index is 12.9. The fourth-order valence-electron chi connectivity index (χ4n) is 1.41. The van der Waals surface area contributed by atoms with Crippen LogP contribution in [-0.4, -0.2) is 6.54 Å². The molecule has 0 bridgehead atoms. The monoisotopic (exact) mass is 233 g/mol. The van der Waals surface area contributed by atoms with E-state index in [0.717, 1.165) is 5.57 Å². The number of allylic oxidation sites excluding steroid dienone is 2. The van der Waals surface area contributed by atoms with E-state index in [0.29, 0.717) is 17.9 Å². The van der Waals surface area contributed by atoms with E-state index in [4.69, 9.17) is 11.6 Å². The normalized spacial score (nSPS) is 11.1. The SMILES string of the molecule is C=C/C=C(\C=C)CN(N)c1ccc(F)cc1N. The van der Waals surface area contributed by atoms with Gasteiger partial charge in [0.05, 0.1) is 17.9 Å². The smallest absolute Gasteiger partial charge is 0.125 e. The summed E-state index contributed by atoms with van der Waals surface area (Å²) in [6, 6.07) is 4.09. The van der Waals surface area contributed by atoms with E-state index in [1.165, 1.54) is 17.1 Å². The van der Waals surface area contributed by atoms with Crippen LogP contribution in [0.5, 0.6) is 0 Å². The van der Waals surface area contributed by atoms with Crippen molar-refractivity contribution in [3.63, 3.8) is 0 Å². The van der Waals surface area contributed by atoms with Gasteiger partial charge in [-0.3, -0.25) is 0 Å². The van der Waals surface area contributed by atoms with Crippen LogP contribution in [0.2, 0.25) is 0 Å². The molecule has 0 unspecified atom stereocenters. The van der Waals surface area contributed by atoms with Crippen LogP contribution in [0, 0.1) is 5.82 Å². The molecule has 0 heterocycles. The molecule has 90 valence electrons. The molecular formula is C13H16FN3. The number of hydrogen-bond donors (Lipinski definition) is 2. The Hall–Kier alpha value is -2.07. The molecule has 0 amide bonds. The second-order valence-electron chi connectivity index (χ2n) is 3.51. The zero-order valence-electron chi connectivity index (χ0n) is 9.57. The van der Waals surface area contributed by atoms with Crippen LogP contribution in [0.1, 0.15) is 0 Å². The zero-order valence-corrected chi connectivity index (χ0v) is 9.57. The van der Waals surface area contributed by atoms with Crippen molar-refractivity contribution < 1.29 is 4.39 Å². The topological polar surface area (TPSA) is 55.3 Å². The van der Waals surface area contributed by atoms with Crippen LogP contribution in [0.15, 0.2) is 55.2 Å². The van der Waals surface area contributed by atoms with Crippen molar-refractivity contribution in [1.29, 1.82) is 0 Å². The molecule has 4 heteroatoms. The molecular weight excluding hydrogens is 217 g/mol. The van der Waals surface area contributed by atoms with E-state index in [-0.39, 0.29) is 5.82 Å². The van der Waals surface area contributed by atoms with Gasteiger partial charge in [0.1, 0.15) is 5.82 Å². The number of benzene rings is 1. The first kappa shape index (κ1) is 13.0. The van der Waals surface area contributed by atoms with Crippen molar-refractivity contribution >= 4 is 11.4 Å². The standard InChI is InChI=1S/C13H16FN3/c1-3-5-10(4-2)9-17(16)13-7-6-11(14)8-12(13)15/h3-8H,1-2,9,15-16H2/b10-5+. The quantitative estimate of drug-likeness (QED) is 0.355. The lowest BCUT2D eigenvalue weighted by molar-refractivity contribution is 0.628. The maximum Gasteiger partial charge on any atom is 0.125 e. The van der Waals surface area contributed by atoms with Crippen molar-refractivity contribution in [1.82, 2.24) is 0 Å². The summed E-state index contributed by atoms with van der Waals surface area (Å²) in [5, 5.41) is 1.44. The molecule has 0 aromatic heterocycles. The molecule has 0 atom stereocenters. The minimum absolute atomic E-state index is 0.300. The minimum Gasteiger partial charge on any atom is -0.397 e. The number of nitrogens with two attached hydrogens (primary N) is 2. The van der Waals surface area contributed by atoms with E-state index in [1.54, 1.807) is 24.3 Å². The first-order chi connectivity index (χ1) is 8.08. The Morgan fingerprint density at radius 3 is 2.65 bits per heavy atom. The van der Waals surface area contributed by atoms with Crippen molar-refractivity contribution in [2.24, 2.45) is 5.84 Å². The van der Waals surface area contributed by atoms with Crippen molar-refractivity contribution in [3.8, 4) is 0 Å². The summed E-state index contributed by atoms with van der Waals surface area (Å²) in [6.45, 7) is 7.70. The molecule has 3 nitrogen and oxygen atoms in total. The number of nitrogen functional groups attached to an aromatic ring is 1. The maximum absolute atomic E-state index is 12.9. The molecule has 0 aliphatic rings. The predicted octanol–water partition coefficient (Wildman–Crippen LogP) is 2.39. The van der Waals surface area contributed by atoms with Gasteiger partial charge in [0.15, 0.2) is 0 Å². The Labute approximate surface area is 100 Å². The number of anilines is 2. The highest BCUT2D eigenvalue weighted by molar-refractivity contribution is 5.67. The number of halogens is 1. The number of rotatable bonds is 5. The Kier molecular flexibility index (Phi) is 4.48.